The zero-order valence-corrected chi connectivity index (χ0v) is 19.6. The first-order valence-electron chi connectivity index (χ1n) is 12.0. The molecule has 0 aliphatic rings. The lowest BCUT2D eigenvalue weighted by molar-refractivity contribution is 0.173. The van der Waals surface area contributed by atoms with Crippen LogP contribution in [-0.2, 0) is 0 Å². The topological polar surface area (TPSA) is 31.4 Å². The van der Waals surface area contributed by atoms with Crippen LogP contribution in [0, 0.1) is 5.92 Å². The van der Waals surface area contributed by atoms with E-state index in [1.54, 1.807) is 6.20 Å². The number of benzene rings is 1. The fourth-order valence-electron chi connectivity index (χ4n) is 3.55. The smallest absolute Gasteiger partial charge is 0.137 e. The highest BCUT2D eigenvalue weighted by Gasteiger charge is 2.10. The van der Waals surface area contributed by atoms with Crippen molar-refractivity contribution < 1.29 is 13.9 Å². The number of nitrogens with zero attached hydrogens (tertiary/aromatic N) is 1. The maximum atomic E-state index is 13.8. The number of hydrogen-bond acceptors (Lipinski definition) is 3. The fourth-order valence-corrected chi connectivity index (χ4v) is 3.55. The number of ether oxygens (including phenoxy) is 2. The number of rotatable bonds is 16. The van der Waals surface area contributed by atoms with Crippen molar-refractivity contribution in [2.75, 3.05) is 13.2 Å². The minimum atomic E-state index is -0.946. The molecule has 1 aromatic carbocycles. The molecule has 0 saturated carbocycles. The van der Waals surface area contributed by atoms with Crippen LogP contribution in [0.15, 0.2) is 42.6 Å². The van der Waals surface area contributed by atoms with E-state index in [1.807, 2.05) is 50.2 Å². The summed E-state index contributed by atoms with van der Waals surface area (Å²) in [7, 11) is 0. The Morgan fingerprint density at radius 1 is 0.806 bits per heavy atom. The van der Waals surface area contributed by atoms with E-state index < -0.39 is 6.17 Å². The number of aromatic nitrogens is 1. The van der Waals surface area contributed by atoms with E-state index >= 15 is 0 Å². The summed E-state index contributed by atoms with van der Waals surface area (Å²) in [5.74, 6) is 1.82. The van der Waals surface area contributed by atoms with Crippen LogP contribution in [0.2, 0.25) is 0 Å². The van der Waals surface area contributed by atoms with Gasteiger partial charge in [-0.1, -0.05) is 65.7 Å². The molecule has 4 heteroatoms. The van der Waals surface area contributed by atoms with Crippen molar-refractivity contribution in [1.29, 1.82) is 0 Å². The molecule has 3 nitrogen and oxygen atoms in total. The monoisotopic (exact) mass is 429 g/mol. The Bertz CT molecular complexity index is 700. The predicted octanol–water partition coefficient (Wildman–Crippen LogP) is 8.03. The molecule has 0 aliphatic carbocycles. The van der Waals surface area contributed by atoms with Gasteiger partial charge in [-0.15, -0.1) is 0 Å². The third kappa shape index (κ3) is 10.7. The molecule has 0 bridgehead atoms. The summed E-state index contributed by atoms with van der Waals surface area (Å²) in [4.78, 5) is 4.45. The highest BCUT2D eigenvalue weighted by Crippen LogP contribution is 2.23. The normalized spacial score (nSPS) is 12.2. The maximum Gasteiger partial charge on any atom is 0.137 e. The predicted molar refractivity (Wildman–Crippen MR) is 128 cm³/mol. The molecule has 31 heavy (non-hydrogen) atoms. The molecule has 172 valence electrons. The Labute approximate surface area is 188 Å². The van der Waals surface area contributed by atoms with Gasteiger partial charge in [0.1, 0.15) is 24.3 Å². The van der Waals surface area contributed by atoms with Crippen LogP contribution in [-0.4, -0.2) is 24.4 Å². The first-order valence-corrected chi connectivity index (χ1v) is 12.0. The summed E-state index contributed by atoms with van der Waals surface area (Å²) in [6, 6.07) is 11.8. The van der Waals surface area contributed by atoms with Crippen molar-refractivity contribution in [2.45, 2.75) is 84.7 Å². The van der Waals surface area contributed by atoms with Crippen molar-refractivity contribution in [3.05, 3.63) is 42.6 Å². The summed E-state index contributed by atoms with van der Waals surface area (Å²) < 4.78 is 25.2. The third-order valence-electron chi connectivity index (χ3n) is 5.31. The van der Waals surface area contributed by atoms with Crippen molar-refractivity contribution in [2.24, 2.45) is 5.92 Å². The summed E-state index contributed by atoms with van der Waals surface area (Å²) in [6.45, 7) is 7.12. The van der Waals surface area contributed by atoms with Gasteiger partial charge in [-0.05, 0) is 55.2 Å². The van der Waals surface area contributed by atoms with Gasteiger partial charge in [-0.2, -0.15) is 0 Å². The molecule has 0 aliphatic heterocycles. The summed E-state index contributed by atoms with van der Waals surface area (Å²) >= 11 is 0. The van der Waals surface area contributed by atoms with Crippen LogP contribution >= 0.6 is 0 Å². The summed E-state index contributed by atoms with van der Waals surface area (Å²) in [5.41, 5.74) is 1.88. The van der Waals surface area contributed by atoms with Gasteiger partial charge in [0, 0.05) is 5.56 Å². The van der Waals surface area contributed by atoms with Crippen LogP contribution in [0.1, 0.15) is 78.6 Å². The highest BCUT2D eigenvalue weighted by molar-refractivity contribution is 5.60. The van der Waals surface area contributed by atoms with Gasteiger partial charge in [0.15, 0.2) is 0 Å². The third-order valence-corrected chi connectivity index (χ3v) is 5.31. The molecular weight excluding hydrogens is 389 g/mol. The van der Waals surface area contributed by atoms with E-state index in [0.29, 0.717) is 18.1 Å². The summed E-state index contributed by atoms with van der Waals surface area (Å²) in [5, 5.41) is 0. The largest absolute Gasteiger partial charge is 0.494 e. The number of halogens is 1. The van der Waals surface area contributed by atoms with Crippen molar-refractivity contribution in [3.63, 3.8) is 0 Å². The lowest BCUT2D eigenvalue weighted by Crippen LogP contribution is -2.15. The molecule has 0 saturated heterocycles. The van der Waals surface area contributed by atoms with Gasteiger partial charge in [-0.25, -0.2) is 4.39 Å². The molecule has 0 N–H and O–H groups in total. The first kappa shape index (κ1) is 25.2. The van der Waals surface area contributed by atoms with Gasteiger partial charge in [0.05, 0.1) is 18.5 Å². The zero-order valence-electron chi connectivity index (χ0n) is 19.6. The highest BCUT2D eigenvalue weighted by atomic mass is 19.1. The van der Waals surface area contributed by atoms with Crippen LogP contribution in [0.5, 0.6) is 11.5 Å². The number of unbranched alkanes of at least 4 members (excludes halogenated alkanes) is 7. The molecule has 0 fully saturated rings. The average molecular weight is 430 g/mol. The zero-order chi connectivity index (χ0) is 22.3. The van der Waals surface area contributed by atoms with Crippen LogP contribution in [0.3, 0.4) is 0 Å². The van der Waals surface area contributed by atoms with E-state index in [-0.39, 0.29) is 6.61 Å². The minimum absolute atomic E-state index is 0.0735. The molecule has 1 heterocycles. The SMILES string of the molecule is CCCCCCCCCCOc1ccc(-c2ccc(OCC(F)CC(C)C)cn2)cc1. The fraction of sp³-hybridized carbons (Fsp3) is 0.593. The molecule has 1 atom stereocenters. The van der Waals surface area contributed by atoms with Crippen LogP contribution in [0.25, 0.3) is 11.3 Å². The Morgan fingerprint density at radius 2 is 1.45 bits per heavy atom. The summed E-state index contributed by atoms with van der Waals surface area (Å²) in [6.07, 6.45) is 11.6. The quantitative estimate of drug-likeness (QED) is 0.253. The first-order chi connectivity index (χ1) is 15.1. The van der Waals surface area contributed by atoms with E-state index in [9.17, 15) is 4.39 Å². The number of alkyl halides is 1. The Balaban J connectivity index is 1.68. The van der Waals surface area contributed by atoms with E-state index in [0.717, 1.165) is 30.0 Å². The second-order valence-corrected chi connectivity index (χ2v) is 8.76. The molecule has 2 rings (SSSR count). The molecule has 1 aromatic heterocycles. The lowest BCUT2D eigenvalue weighted by Gasteiger charge is -2.12. The Hall–Kier alpha value is -2.10. The minimum Gasteiger partial charge on any atom is -0.494 e. The molecule has 2 aromatic rings. The van der Waals surface area contributed by atoms with Crippen molar-refractivity contribution in [1.82, 2.24) is 4.98 Å². The van der Waals surface area contributed by atoms with Crippen LogP contribution < -0.4 is 9.47 Å². The molecular formula is C27H40FNO2. The second-order valence-electron chi connectivity index (χ2n) is 8.76. The molecule has 0 amide bonds. The lowest BCUT2D eigenvalue weighted by atomic mass is 10.1. The van der Waals surface area contributed by atoms with Crippen LogP contribution in [0.4, 0.5) is 4.39 Å². The van der Waals surface area contributed by atoms with Gasteiger partial charge in [0.25, 0.3) is 0 Å². The molecule has 0 radical (unpaired) electrons. The standard InChI is InChI=1S/C27H40FNO2/c1-4-5-6-7-8-9-10-11-18-30-25-14-12-23(13-15-25)27-17-16-26(20-29-27)31-21-24(28)19-22(2)3/h12-17,20,22,24H,4-11,18-19,21H2,1-3H3. The molecule has 1 unspecified atom stereocenters. The van der Waals surface area contributed by atoms with Crippen molar-refractivity contribution >= 4 is 0 Å². The average Bonchev–Trinajstić information content (AvgIpc) is 2.77. The Kier molecular flexibility index (Phi) is 12.0. The van der Waals surface area contributed by atoms with E-state index in [4.69, 9.17) is 9.47 Å². The number of pyridine rings is 1. The van der Waals surface area contributed by atoms with Gasteiger partial charge in [0.2, 0.25) is 0 Å². The Morgan fingerprint density at radius 3 is 2.06 bits per heavy atom. The van der Waals surface area contributed by atoms with Gasteiger partial charge in [-0.3, -0.25) is 4.98 Å². The molecule has 0 spiro atoms. The number of hydrogen-bond donors (Lipinski definition) is 0. The van der Waals surface area contributed by atoms with E-state index in [1.165, 1.54) is 44.9 Å². The van der Waals surface area contributed by atoms with Gasteiger partial charge >= 0.3 is 0 Å². The van der Waals surface area contributed by atoms with Gasteiger partial charge < -0.3 is 9.47 Å². The second kappa shape index (κ2) is 14.8. The maximum absolute atomic E-state index is 13.8. The van der Waals surface area contributed by atoms with Crippen molar-refractivity contribution in [3.8, 4) is 22.8 Å². The van der Waals surface area contributed by atoms with E-state index in [2.05, 4.69) is 11.9 Å².